The van der Waals surface area contributed by atoms with Crippen molar-refractivity contribution in [3.8, 4) is 0 Å². The van der Waals surface area contributed by atoms with Gasteiger partial charge in [-0.05, 0) is 56.7 Å². The number of hydrogen-bond acceptors (Lipinski definition) is 5. The number of aliphatic hydroxyl groups excluding tert-OH is 2. The zero-order valence-electron chi connectivity index (χ0n) is 19.5. The van der Waals surface area contributed by atoms with Crippen molar-refractivity contribution in [2.45, 2.75) is 32.5 Å². The maximum atomic E-state index is 10.2. The van der Waals surface area contributed by atoms with E-state index in [-0.39, 0.29) is 5.92 Å². The molecule has 0 aliphatic rings. The summed E-state index contributed by atoms with van der Waals surface area (Å²) < 4.78 is 0. The highest BCUT2D eigenvalue weighted by atomic mass is 31.2. The Labute approximate surface area is 202 Å². The van der Waals surface area contributed by atoms with Crippen molar-refractivity contribution < 1.29 is 29.9 Å². The Morgan fingerprint density at radius 1 is 0.794 bits per heavy atom. The molecule has 2 atom stereocenters. The molecule has 0 fully saturated rings. The molecule has 6 nitrogen and oxygen atoms in total. The standard InChI is InChI=1S/C12H12O2P.C8H16O2.C7H6O2/c13-15(14,11-7-3-1-4-8-11)12-9-5-2-6-10-12;1-4-5-8(6(2)9)7(3)10;8-7(9)6-4-2-1-3-5-6/h1-10,13-14H;4,6-10H,1,5H2,2-3H3;1-5H,(H,8,9)/q+1;;. The van der Waals surface area contributed by atoms with Gasteiger partial charge in [0.2, 0.25) is 0 Å². The Morgan fingerprint density at radius 3 is 1.38 bits per heavy atom. The fourth-order valence-electron chi connectivity index (χ4n) is 2.99. The van der Waals surface area contributed by atoms with Gasteiger partial charge in [-0.25, -0.2) is 14.6 Å². The van der Waals surface area contributed by atoms with Gasteiger partial charge in [-0.3, -0.25) is 0 Å². The summed E-state index contributed by atoms with van der Waals surface area (Å²) in [5.74, 6) is -0.951. The number of aromatic carboxylic acids is 1. The molecule has 0 aliphatic heterocycles. The van der Waals surface area contributed by atoms with E-state index in [1.165, 1.54) is 0 Å². The molecule has 0 saturated carbocycles. The van der Waals surface area contributed by atoms with E-state index in [4.69, 9.17) is 15.3 Å². The van der Waals surface area contributed by atoms with E-state index in [9.17, 15) is 14.6 Å². The van der Waals surface area contributed by atoms with Gasteiger partial charge in [0.1, 0.15) is 0 Å². The molecule has 3 rings (SSSR count). The fraction of sp³-hybridized carbons (Fsp3) is 0.222. The van der Waals surface area contributed by atoms with Gasteiger partial charge in [0.25, 0.3) is 0 Å². The van der Waals surface area contributed by atoms with Crippen LogP contribution < -0.4 is 10.6 Å². The van der Waals surface area contributed by atoms with Crippen LogP contribution in [-0.2, 0) is 0 Å². The highest BCUT2D eigenvalue weighted by Gasteiger charge is 2.39. The molecule has 5 N–H and O–H groups in total. The minimum absolute atomic E-state index is 0.0718. The summed E-state index contributed by atoms with van der Waals surface area (Å²) in [5, 5.41) is 27.8. The summed E-state index contributed by atoms with van der Waals surface area (Å²) >= 11 is 0. The Morgan fingerprint density at radius 2 is 1.15 bits per heavy atom. The minimum Gasteiger partial charge on any atom is -0.478 e. The van der Waals surface area contributed by atoms with E-state index in [1.54, 1.807) is 98.8 Å². The Kier molecular flexibility index (Phi) is 13.0. The molecule has 34 heavy (non-hydrogen) atoms. The molecule has 182 valence electrons. The average molecular weight is 486 g/mol. The number of aliphatic hydroxyl groups is 2. The van der Waals surface area contributed by atoms with E-state index in [1.807, 2.05) is 12.1 Å². The van der Waals surface area contributed by atoms with Crippen LogP contribution in [0.5, 0.6) is 0 Å². The summed E-state index contributed by atoms with van der Waals surface area (Å²) in [5.41, 5.74) is 0.331. The maximum absolute atomic E-state index is 10.2. The highest BCUT2D eigenvalue weighted by molar-refractivity contribution is 7.79. The second kappa shape index (κ2) is 15.1. The molecular weight excluding hydrogens is 451 g/mol. The summed E-state index contributed by atoms with van der Waals surface area (Å²) in [4.78, 5) is 30.4. The van der Waals surface area contributed by atoms with Crippen molar-refractivity contribution in [2.24, 2.45) is 5.92 Å². The topological polar surface area (TPSA) is 118 Å². The smallest absolute Gasteiger partial charge is 0.335 e. The predicted octanol–water partition coefficient (Wildman–Crippen LogP) is 3.79. The number of allylic oxidation sites excluding steroid dienone is 1. The Balaban J connectivity index is 0.000000268. The SMILES string of the molecule is C=CCC(C(C)O)C(C)O.O=C(O)c1ccccc1.O[P+](O)(c1ccccc1)c1ccccc1. The average Bonchev–Trinajstić information content (AvgIpc) is 2.84. The maximum Gasteiger partial charge on any atom is 0.335 e. The molecule has 0 amide bonds. The van der Waals surface area contributed by atoms with Crippen LogP contribution in [-0.4, -0.2) is 43.3 Å². The summed E-state index contributed by atoms with van der Waals surface area (Å²) in [6, 6.07) is 26.2. The monoisotopic (exact) mass is 485 g/mol. The summed E-state index contributed by atoms with van der Waals surface area (Å²) in [7, 11) is -3.15. The molecular formula is C27H34O6P+. The van der Waals surface area contributed by atoms with Crippen LogP contribution in [0.4, 0.5) is 0 Å². The number of hydrogen-bond donors (Lipinski definition) is 5. The Bertz CT molecular complexity index is 911. The number of rotatable bonds is 7. The van der Waals surface area contributed by atoms with Gasteiger partial charge in [0.15, 0.2) is 10.6 Å². The van der Waals surface area contributed by atoms with Gasteiger partial charge in [-0.1, -0.05) is 60.7 Å². The second-order valence-electron chi connectivity index (χ2n) is 7.61. The van der Waals surface area contributed by atoms with Crippen LogP contribution in [0.1, 0.15) is 30.6 Å². The third-order valence-electron chi connectivity index (χ3n) is 4.93. The van der Waals surface area contributed by atoms with Gasteiger partial charge < -0.3 is 15.3 Å². The molecule has 0 radical (unpaired) electrons. The van der Waals surface area contributed by atoms with Crippen LogP contribution in [0.15, 0.2) is 104 Å². The fourth-order valence-corrected chi connectivity index (χ4v) is 4.46. The van der Waals surface area contributed by atoms with Crippen molar-refractivity contribution >= 4 is 24.3 Å². The van der Waals surface area contributed by atoms with Crippen molar-refractivity contribution in [2.75, 3.05) is 0 Å². The lowest BCUT2D eigenvalue weighted by atomic mass is 9.94. The largest absolute Gasteiger partial charge is 0.478 e. The number of benzene rings is 3. The van der Waals surface area contributed by atoms with Crippen molar-refractivity contribution in [1.29, 1.82) is 0 Å². The van der Waals surface area contributed by atoms with Crippen molar-refractivity contribution in [1.82, 2.24) is 0 Å². The summed E-state index contributed by atoms with van der Waals surface area (Å²) in [6.07, 6.45) is 1.45. The summed E-state index contributed by atoms with van der Waals surface area (Å²) in [6.45, 7) is 6.91. The van der Waals surface area contributed by atoms with Gasteiger partial charge in [-0.2, -0.15) is 0 Å². The molecule has 0 spiro atoms. The zero-order chi connectivity index (χ0) is 25.6. The first kappa shape index (κ1) is 29.2. The van der Waals surface area contributed by atoms with E-state index in [0.717, 1.165) is 0 Å². The first-order valence-electron chi connectivity index (χ1n) is 10.8. The van der Waals surface area contributed by atoms with Gasteiger partial charge in [0, 0.05) is 5.92 Å². The third-order valence-corrected chi connectivity index (χ3v) is 6.97. The third kappa shape index (κ3) is 9.96. The van der Waals surface area contributed by atoms with Crippen LogP contribution in [0.2, 0.25) is 0 Å². The Hall–Kier alpha value is -2.86. The molecule has 0 aromatic heterocycles. The second-order valence-corrected chi connectivity index (χ2v) is 9.85. The highest BCUT2D eigenvalue weighted by Crippen LogP contribution is 2.46. The van der Waals surface area contributed by atoms with E-state index >= 15 is 0 Å². The molecule has 2 unspecified atom stereocenters. The van der Waals surface area contributed by atoms with E-state index in [2.05, 4.69) is 6.58 Å². The molecule has 3 aromatic carbocycles. The van der Waals surface area contributed by atoms with Gasteiger partial charge in [-0.15, -0.1) is 6.58 Å². The number of carboxylic acid groups (broad SMARTS) is 1. The molecule has 0 bridgehead atoms. The van der Waals surface area contributed by atoms with Crippen LogP contribution in [0.3, 0.4) is 0 Å². The van der Waals surface area contributed by atoms with E-state index < -0.39 is 25.9 Å². The van der Waals surface area contributed by atoms with Gasteiger partial charge in [0.05, 0.1) is 17.8 Å². The number of carboxylic acids is 1. The lowest BCUT2D eigenvalue weighted by Crippen LogP contribution is -2.26. The first-order chi connectivity index (χ1) is 16.1. The predicted molar refractivity (Wildman–Crippen MR) is 139 cm³/mol. The van der Waals surface area contributed by atoms with Crippen molar-refractivity contribution in [3.63, 3.8) is 0 Å². The number of carbonyl (C=O) groups is 1. The zero-order valence-corrected chi connectivity index (χ0v) is 20.4. The molecule has 0 saturated heterocycles. The quantitative estimate of drug-likeness (QED) is 0.257. The van der Waals surface area contributed by atoms with E-state index in [0.29, 0.717) is 22.6 Å². The van der Waals surface area contributed by atoms with Gasteiger partial charge >= 0.3 is 13.7 Å². The lowest BCUT2D eigenvalue weighted by molar-refractivity contribution is 0.0335. The van der Waals surface area contributed by atoms with Crippen LogP contribution in [0, 0.1) is 5.92 Å². The van der Waals surface area contributed by atoms with Crippen LogP contribution >= 0.6 is 7.72 Å². The van der Waals surface area contributed by atoms with Crippen molar-refractivity contribution in [3.05, 3.63) is 109 Å². The molecule has 0 heterocycles. The van der Waals surface area contributed by atoms with Crippen LogP contribution in [0.25, 0.3) is 0 Å². The minimum atomic E-state index is -3.15. The molecule has 0 aliphatic carbocycles. The lowest BCUT2D eigenvalue weighted by Gasteiger charge is -2.20. The molecule has 3 aromatic rings. The normalized spacial score (nSPS) is 13.1. The molecule has 7 heteroatoms. The first-order valence-corrected chi connectivity index (χ1v) is 12.5.